The first-order chi connectivity index (χ1) is 16.1. The highest BCUT2D eigenvalue weighted by atomic mass is 16.2. The van der Waals surface area contributed by atoms with E-state index in [1.54, 1.807) is 0 Å². The van der Waals surface area contributed by atoms with Crippen LogP contribution in [0.15, 0.2) is 90.6 Å². The molecule has 1 fully saturated rings. The Morgan fingerprint density at radius 3 is 1.94 bits per heavy atom. The molecule has 0 N–H and O–H groups in total. The Morgan fingerprint density at radius 2 is 1.30 bits per heavy atom. The van der Waals surface area contributed by atoms with Gasteiger partial charge in [-0.2, -0.15) is 0 Å². The van der Waals surface area contributed by atoms with Gasteiger partial charge in [-0.05, 0) is 30.2 Å². The van der Waals surface area contributed by atoms with Crippen molar-refractivity contribution in [2.75, 3.05) is 31.1 Å². The van der Waals surface area contributed by atoms with Crippen molar-refractivity contribution in [1.82, 2.24) is 9.80 Å². The van der Waals surface area contributed by atoms with Gasteiger partial charge >= 0.3 is 0 Å². The van der Waals surface area contributed by atoms with Gasteiger partial charge in [0.25, 0.3) is 11.8 Å². The molecule has 0 aliphatic carbocycles. The molecule has 3 aromatic carbocycles. The highest BCUT2D eigenvalue weighted by Crippen LogP contribution is 2.35. The van der Waals surface area contributed by atoms with Crippen LogP contribution in [0.5, 0.6) is 0 Å². The molecule has 0 bridgehead atoms. The van der Waals surface area contributed by atoms with Gasteiger partial charge in [0.05, 0.1) is 11.3 Å². The summed E-state index contributed by atoms with van der Waals surface area (Å²) in [5.74, 6) is -0.490. The molecule has 5 heteroatoms. The second kappa shape index (κ2) is 9.04. The Morgan fingerprint density at radius 1 is 0.697 bits per heavy atom. The molecule has 2 aliphatic heterocycles. The van der Waals surface area contributed by atoms with Crippen molar-refractivity contribution >= 4 is 23.1 Å². The minimum absolute atomic E-state index is 0.237. The van der Waals surface area contributed by atoms with Gasteiger partial charge in [-0.1, -0.05) is 78.4 Å². The summed E-state index contributed by atoms with van der Waals surface area (Å²) >= 11 is 0. The summed E-state index contributed by atoms with van der Waals surface area (Å²) in [6.07, 6.45) is 0. The predicted octanol–water partition coefficient (Wildman–Crippen LogP) is 4.10. The van der Waals surface area contributed by atoms with E-state index in [1.807, 2.05) is 67.6 Å². The van der Waals surface area contributed by atoms with E-state index in [4.69, 9.17) is 0 Å². The van der Waals surface area contributed by atoms with Crippen molar-refractivity contribution in [2.24, 2.45) is 0 Å². The fraction of sp³-hybridized carbons (Fsp3) is 0.214. The van der Waals surface area contributed by atoms with Gasteiger partial charge in [0.2, 0.25) is 0 Å². The number of benzene rings is 3. The number of rotatable bonds is 5. The third-order valence-electron chi connectivity index (χ3n) is 6.35. The number of piperazine rings is 1. The van der Waals surface area contributed by atoms with Gasteiger partial charge in [0.1, 0.15) is 5.70 Å². The van der Waals surface area contributed by atoms with Crippen molar-refractivity contribution in [3.8, 4) is 0 Å². The zero-order chi connectivity index (χ0) is 22.8. The maximum absolute atomic E-state index is 13.6. The average molecular weight is 438 g/mol. The average Bonchev–Trinajstić information content (AvgIpc) is 3.11. The quantitative estimate of drug-likeness (QED) is 0.564. The lowest BCUT2D eigenvalue weighted by molar-refractivity contribution is -0.120. The molecular formula is C28H27N3O2. The molecule has 5 nitrogen and oxygen atoms in total. The normalized spacial score (nSPS) is 17.2. The van der Waals surface area contributed by atoms with Gasteiger partial charge < -0.3 is 4.90 Å². The van der Waals surface area contributed by atoms with Crippen molar-refractivity contribution in [1.29, 1.82) is 0 Å². The van der Waals surface area contributed by atoms with E-state index in [-0.39, 0.29) is 11.8 Å². The standard InChI is InChI=1S/C28H27N3O2/c1-21-12-14-24(15-13-21)31-27(32)25(23-10-6-3-7-11-23)26(28(31)33)30-18-16-29(17-19-30)20-22-8-4-2-5-9-22/h2-15H,16-20H2,1H3. The molecule has 3 aromatic rings. The number of hydrogen-bond donors (Lipinski definition) is 0. The number of anilines is 1. The van der Waals surface area contributed by atoms with Crippen LogP contribution in [0.25, 0.3) is 5.57 Å². The van der Waals surface area contributed by atoms with Crippen LogP contribution in [-0.2, 0) is 16.1 Å². The molecule has 0 aromatic heterocycles. The van der Waals surface area contributed by atoms with Gasteiger partial charge in [-0.15, -0.1) is 0 Å². The van der Waals surface area contributed by atoms with Crippen molar-refractivity contribution in [2.45, 2.75) is 13.5 Å². The summed E-state index contributed by atoms with van der Waals surface area (Å²) in [5.41, 5.74) is 4.79. The van der Waals surface area contributed by atoms with E-state index in [1.165, 1.54) is 10.5 Å². The fourth-order valence-corrected chi connectivity index (χ4v) is 4.58. The molecule has 0 atom stereocenters. The van der Waals surface area contributed by atoms with E-state index in [0.717, 1.165) is 30.8 Å². The molecule has 5 rings (SSSR count). The summed E-state index contributed by atoms with van der Waals surface area (Å²) in [4.78, 5) is 33.0. The zero-order valence-corrected chi connectivity index (χ0v) is 18.8. The number of carbonyl (C=O) groups excluding carboxylic acids is 2. The number of hydrogen-bond acceptors (Lipinski definition) is 4. The highest BCUT2D eigenvalue weighted by molar-refractivity contribution is 6.45. The first-order valence-corrected chi connectivity index (χ1v) is 11.4. The summed E-state index contributed by atoms with van der Waals surface area (Å²) in [6.45, 7) is 5.98. The van der Waals surface area contributed by atoms with Crippen LogP contribution in [0, 0.1) is 6.92 Å². The summed E-state index contributed by atoms with van der Waals surface area (Å²) in [6, 6.07) is 27.5. The van der Waals surface area contributed by atoms with Crippen molar-refractivity contribution < 1.29 is 9.59 Å². The van der Waals surface area contributed by atoms with Crippen molar-refractivity contribution in [3.05, 3.63) is 107 Å². The SMILES string of the molecule is Cc1ccc(N2C(=O)C(c3ccccc3)=C(N3CCN(Cc4ccccc4)CC3)C2=O)cc1. The molecule has 166 valence electrons. The summed E-state index contributed by atoms with van der Waals surface area (Å²) in [7, 11) is 0. The van der Waals surface area contributed by atoms with Gasteiger partial charge in [-0.25, -0.2) is 4.90 Å². The number of imide groups is 1. The monoisotopic (exact) mass is 437 g/mol. The maximum Gasteiger partial charge on any atom is 0.282 e. The Labute approximate surface area is 194 Å². The molecule has 2 aliphatic rings. The number of carbonyl (C=O) groups is 2. The van der Waals surface area contributed by atoms with E-state index in [0.29, 0.717) is 30.0 Å². The predicted molar refractivity (Wildman–Crippen MR) is 130 cm³/mol. The third-order valence-corrected chi connectivity index (χ3v) is 6.35. The first-order valence-electron chi connectivity index (χ1n) is 11.4. The minimum Gasteiger partial charge on any atom is -0.364 e. The Bertz CT molecular complexity index is 1180. The second-order valence-electron chi connectivity index (χ2n) is 8.62. The van der Waals surface area contributed by atoms with Crippen LogP contribution in [0.4, 0.5) is 5.69 Å². The Balaban J connectivity index is 1.43. The molecule has 2 amide bonds. The highest BCUT2D eigenvalue weighted by Gasteiger charge is 2.42. The van der Waals surface area contributed by atoms with Crippen LogP contribution < -0.4 is 4.90 Å². The van der Waals surface area contributed by atoms with Crippen LogP contribution >= 0.6 is 0 Å². The Kier molecular flexibility index (Phi) is 5.80. The molecular weight excluding hydrogens is 410 g/mol. The lowest BCUT2D eigenvalue weighted by Crippen LogP contribution is -2.47. The molecule has 0 spiro atoms. The lowest BCUT2D eigenvalue weighted by atomic mass is 10.0. The number of amides is 2. The first kappa shape index (κ1) is 21.2. The molecule has 1 saturated heterocycles. The van der Waals surface area contributed by atoms with Gasteiger partial charge in [0.15, 0.2) is 0 Å². The molecule has 2 heterocycles. The minimum atomic E-state index is -0.253. The topological polar surface area (TPSA) is 43.9 Å². The lowest BCUT2D eigenvalue weighted by Gasteiger charge is -2.36. The molecule has 33 heavy (non-hydrogen) atoms. The second-order valence-corrected chi connectivity index (χ2v) is 8.62. The summed E-state index contributed by atoms with van der Waals surface area (Å²) in [5, 5.41) is 0. The molecule has 0 radical (unpaired) electrons. The van der Waals surface area contributed by atoms with Crippen LogP contribution in [-0.4, -0.2) is 47.8 Å². The zero-order valence-electron chi connectivity index (χ0n) is 18.8. The smallest absolute Gasteiger partial charge is 0.282 e. The van der Waals surface area contributed by atoms with E-state index >= 15 is 0 Å². The maximum atomic E-state index is 13.6. The Hall–Kier alpha value is -3.70. The summed E-state index contributed by atoms with van der Waals surface area (Å²) < 4.78 is 0. The van der Waals surface area contributed by atoms with Gasteiger partial charge in [-0.3, -0.25) is 14.5 Å². The number of aryl methyl sites for hydroxylation is 1. The van der Waals surface area contributed by atoms with Crippen LogP contribution in [0.2, 0.25) is 0 Å². The largest absolute Gasteiger partial charge is 0.364 e. The fourth-order valence-electron chi connectivity index (χ4n) is 4.58. The van der Waals surface area contributed by atoms with Gasteiger partial charge in [0, 0.05) is 32.7 Å². The van der Waals surface area contributed by atoms with Crippen LogP contribution in [0.1, 0.15) is 16.7 Å². The third kappa shape index (κ3) is 4.20. The van der Waals surface area contributed by atoms with E-state index in [9.17, 15) is 9.59 Å². The van der Waals surface area contributed by atoms with Crippen LogP contribution in [0.3, 0.4) is 0 Å². The van der Waals surface area contributed by atoms with Crippen molar-refractivity contribution in [3.63, 3.8) is 0 Å². The van der Waals surface area contributed by atoms with E-state index < -0.39 is 0 Å². The molecule has 0 unspecified atom stereocenters. The molecule has 0 saturated carbocycles. The van der Waals surface area contributed by atoms with E-state index in [2.05, 4.69) is 34.1 Å². The number of nitrogens with zero attached hydrogens (tertiary/aromatic N) is 3.